The van der Waals surface area contributed by atoms with Crippen molar-refractivity contribution >= 4 is 17.4 Å². The average Bonchev–Trinajstić information content (AvgIpc) is 3.24. The Kier molecular flexibility index (Phi) is 3.61. The predicted octanol–water partition coefficient (Wildman–Crippen LogP) is 1.49. The standard InChI is InChI=1S/C22H28N2O4/c1-4-20-10-7-12-24-13-11-21(16(20)24)14-8-5-6-9-15(14)23(2)17(21)22(27,18(20)25)19(26)28-3/h5-6,8-9,16-17,27H,4,7,10-13H2,1-3H3/t16-,17+,20+,21+,22-/m0/s1. The van der Waals surface area contributed by atoms with Crippen molar-refractivity contribution in [1.29, 1.82) is 0 Å². The SMILES string of the molecule is CC[C@]12CCCN3CC[C@@]4(c5ccccc5N(C)[C@H]4[C@@](O)(C(=O)OC)C1=O)[C@@H]32. The lowest BCUT2D eigenvalue weighted by Gasteiger charge is -2.61. The van der Waals surface area contributed by atoms with Crippen LogP contribution >= 0.6 is 0 Å². The number of hydrogen-bond acceptors (Lipinski definition) is 6. The Morgan fingerprint density at radius 2 is 2.00 bits per heavy atom. The number of fused-ring (bicyclic) bond motifs is 1. The van der Waals surface area contributed by atoms with E-state index in [0.29, 0.717) is 12.8 Å². The second-order valence-electron chi connectivity index (χ2n) is 8.96. The van der Waals surface area contributed by atoms with Crippen molar-refractivity contribution in [2.45, 2.75) is 55.7 Å². The monoisotopic (exact) mass is 384 g/mol. The number of esters is 1. The van der Waals surface area contributed by atoms with Crippen LogP contribution in [-0.2, 0) is 19.7 Å². The van der Waals surface area contributed by atoms with Crippen molar-refractivity contribution in [2.24, 2.45) is 5.41 Å². The Morgan fingerprint density at radius 1 is 1.25 bits per heavy atom. The number of carbonyl (C=O) groups excluding carboxylic acids is 2. The van der Waals surface area contributed by atoms with Crippen molar-refractivity contribution in [3.05, 3.63) is 29.8 Å². The van der Waals surface area contributed by atoms with Gasteiger partial charge in [0.25, 0.3) is 0 Å². The van der Waals surface area contributed by atoms with E-state index in [1.807, 2.05) is 37.1 Å². The second kappa shape index (κ2) is 5.57. The number of methoxy groups -OCH3 is 1. The minimum absolute atomic E-state index is 0.00674. The van der Waals surface area contributed by atoms with E-state index < -0.39 is 28.4 Å². The highest BCUT2D eigenvalue weighted by atomic mass is 16.5. The van der Waals surface area contributed by atoms with Crippen LogP contribution in [0.15, 0.2) is 24.3 Å². The Labute approximate surface area is 165 Å². The van der Waals surface area contributed by atoms with Gasteiger partial charge in [-0.1, -0.05) is 25.1 Å². The van der Waals surface area contributed by atoms with Crippen LogP contribution in [0.25, 0.3) is 0 Å². The molecule has 0 aromatic heterocycles. The van der Waals surface area contributed by atoms with E-state index in [2.05, 4.69) is 11.0 Å². The van der Waals surface area contributed by atoms with Crippen LogP contribution in [0.5, 0.6) is 0 Å². The largest absolute Gasteiger partial charge is 0.466 e. The number of ether oxygens (including phenoxy) is 1. The number of hydrogen-bond donors (Lipinski definition) is 1. The Morgan fingerprint density at radius 3 is 2.71 bits per heavy atom. The summed E-state index contributed by atoms with van der Waals surface area (Å²) >= 11 is 0. The molecular formula is C22H28N2O4. The van der Waals surface area contributed by atoms with Crippen molar-refractivity contribution in [3.8, 4) is 0 Å². The average molecular weight is 384 g/mol. The highest BCUT2D eigenvalue weighted by Crippen LogP contribution is 2.66. The number of likely N-dealkylation sites (N-methyl/N-ethyl adjacent to an activating group) is 1. The molecule has 150 valence electrons. The molecule has 1 saturated carbocycles. The van der Waals surface area contributed by atoms with E-state index >= 15 is 0 Å². The first kappa shape index (κ1) is 18.1. The van der Waals surface area contributed by atoms with Crippen LogP contribution in [0, 0.1) is 5.41 Å². The Bertz CT molecular complexity index is 872. The molecule has 1 aliphatic carbocycles. The number of carbonyl (C=O) groups is 2. The Balaban J connectivity index is 1.86. The number of Topliss-reactive ketones (excluding diaryl/α,β-unsaturated/α-hetero) is 1. The number of rotatable bonds is 2. The molecule has 5 atom stereocenters. The van der Waals surface area contributed by atoms with Crippen molar-refractivity contribution < 1.29 is 19.4 Å². The molecule has 0 unspecified atom stereocenters. The molecule has 0 amide bonds. The van der Waals surface area contributed by atoms with Gasteiger partial charge in [-0.15, -0.1) is 0 Å². The van der Waals surface area contributed by atoms with Gasteiger partial charge in [0.05, 0.1) is 13.2 Å². The van der Waals surface area contributed by atoms with E-state index in [1.54, 1.807) is 0 Å². The molecule has 0 bridgehead atoms. The summed E-state index contributed by atoms with van der Waals surface area (Å²) in [5.41, 5.74) is -1.19. The number of piperidine rings is 1. The minimum atomic E-state index is -2.16. The molecule has 3 aliphatic heterocycles. The third-order valence-corrected chi connectivity index (χ3v) is 8.24. The summed E-state index contributed by atoms with van der Waals surface area (Å²) in [4.78, 5) is 31.4. The molecule has 0 radical (unpaired) electrons. The smallest absolute Gasteiger partial charge is 0.348 e. The topological polar surface area (TPSA) is 70.1 Å². The summed E-state index contributed by atoms with van der Waals surface area (Å²) in [7, 11) is 3.15. The van der Waals surface area contributed by atoms with Gasteiger partial charge in [0.2, 0.25) is 5.60 Å². The molecule has 6 heteroatoms. The lowest BCUT2D eigenvalue weighted by atomic mass is 9.47. The summed E-state index contributed by atoms with van der Waals surface area (Å²) in [6.07, 6.45) is 3.07. The molecule has 1 N–H and O–H groups in total. The molecule has 3 fully saturated rings. The summed E-state index contributed by atoms with van der Waals surface area (Å²) in [5, 5.41) is 11.9. The lowest BCUT2D eigenvalue weighted by Crippen LogP contribution is -2.80. The maximum atomic E-state index is 14.0. The molecular weight excluding hydrogens is 356 g/mol. The van der Waals surface area contributed by atoms with Gasteiger partial charge in [-0.2, -0.15) is 0 Å². The van der Waals surface area contributed by atoms with Gasteiger partial charge in [-0.3, -0.25) is 9.69 Å². The first-order chi connectivity index (χ1) is 13.4. The van der Waals surface area contributed by atoms with Crippen molar-refractivity contribution in [3.63, 3.8) is 0 Å². The summed E-state index contributed by atoms with van der Waals surface area (Å²) in [5.74, 6) is -1.16. The van der Waals surface area contributed by atoms with Crippen LogP contribution in [0.3, 0.4) is 0 Å². The van der Waals surface area contributed by atoms with Crippen molar-refractivity contribution in [2.75, 3.05) is 32.1 Å². The maximum absolute atomic E-state index is 14.0. The normalized spacial score (nSPS) is 41.4. The number of aliphatic hydroxyl groups is 1. The summed E-state index contributed by atoms with van der Waals surface area (Å²) < 4.78 is 5.04. The van der Waals surface area contributed by atoms with Crippen LogP contribution < -0.4 is 4.90 Å². The molecule has 5 rings (SSSR count). The zero-order valence-electron chi connectivity index (χ0n) is 16.8. The number of anilines is 1. The fourth-order valence-corrected chi connectivity index (χ4v) is 7.40. The van der Waals surface area contributed by atoms with Crippen LogP contribution in [0.4, 0.5) is 5.69 Å². The zero-order chi connectivity index (χ0) is 19.9. The molecule has 28 heavy (non-hydrogen) atoms. The molecule has 4 aliphatic rings. The number of ketones is 1. The quantitative estimate of drug-likeness (QED) is 0.616. The molecule has 2 saturated heterocycles. The summed E-state index contributed by atoms with van der Waals surface area (Å²) in [6, 6.07) is 7.51. The second-order valence-corrected chi connectivity index (χ2v) is 8.96. The van der Waals surface area contributed by atoms with Gasteiger partial charge in [-0.25, -0.2) is 4.79 Å². The van der Waals surface area contributed by atoms with Gasteiger partial charge in [0.15, 0.2) is 5.78 Å². The molecule has 3 heterocycles. The van der Waals surface area contributed by atoms with Crippen LogP contribution in [0.1, 0.15) is 38.2 Å². The van der Waals surface area contributed by atoms with E-state index in [0.717, 1.165) is 37.2 Å². The highest BCUT2D eigenvalue weighted by molar-refractivity contribution is 6.13. The molecule has 1 spiro atoms. The fourth-order valence-electron chi connectivity index (χ4n) is 7.40. The predicted molar refractivity (Wildman–Crippen MR) is 104 cm³/mol. The lowest BCUT2D eigenvalue weighted by molar-refractivity contribution is -0.191. The summed E-state index contributed by atoms with van der Waals surface area (Å²) in [6.45, 7) is 3.88. The third-order valence-electron chi connectivity index (χ3n) is 8.24. The van der Waals surface area contributed by atoms with E-state index in [1.165, 1.54) is 7.11 Å². The van der Waals surface area contributed by atoms with Gasteiger partial charge in [0, 0.05) is 29.6 Å². The molecule has 1 aromatic carbocycles. The highest BCUT2D eigenvalue weighted by Gasteiger charge is 2.79. The van der Waals surface area contributed by atoms with Gasteiger partial charge in [0.1, 0.15) is 0 Å². The van der Waals surface area contributed by atoms with Gasteiger partial charge >= 0.3 is 5.97 Å². The van der Waals surface area contributed by atoms with Crippen LogP contribution in [-0.4, -0.2) is 66.7 Å². The number of para-hydroxylation sites is 1. The van der Waals surface area contributed by atoms with E-state index in [-0.39, 0.29) is 11.8 Å². The third kappa shape index (κ3) is 1.69. The van der Waals surface area contributed by atoms with E-state index in [4.69, 9.17) is 4.74 Å². The van der Waals surface area contributed by atoms with Crippen LogP contribution in [0.2, 0.25) is 0 Å². The first-order valence-electron chi connectivity index (χ1n) is 10.3. The van der Waals surface area contributed by atoms with Crippen molar-refractivity contribution in [1.82, 2.24) is 4.90 Å². The fraction of sp³-hybridized carbons (Fsp3) is 0.636. The first-order valence-corrected chi connectivity index (χ1v) is 10.3. The molecule has 6 nitrogen and oxygen atoms in total. The zero-order valence-corrected chi connectivity index (χ0v) is 16.8. The maximum Gasteiger partial charge on any atom is 0.348 e. The number of benzene rings is 1. The van der Waals surface area contributed by atoms with E-state index in [9.17, 15) is 14.7 Å². The molecule has 1 aromatic rings. The Hall–Kier alpha value is -1.92. The number of nitrogens with zero attached hydrogens (tertiary/aromatic N) is 2. The minimum Gasteiger partial charge on any atom is -0.466 e. The van der Waals surface area contributed by atoms with Gasteiger partial charge in [-0.05, 0) is 50.4 Å². The van der Waals surface area contributed by atoms with Gasteiger partial charge < -0.3 is 14.7 Å².